The maximum Gasteiger partial charge on any atom is 0.260 e. The van der Waals surface area contributed by atoms with Gasteiger partial charge in [0.15, 0.2) is 23.0 Å². The first-order valence-electron chi connectivity index (χ1n) is 28.1. The lowest BCUT2D eigenvalue weighted by Gasteiger charge is -2.25. The molecule has 81 heavy (non-hydrogen) atoms. The summed E-state index contributed by atoms with van der Waals surface area (Å²) < 4.78 is 24.8. The number of benzene rings is 5. The Morgan fingerprint density at radius 1 is 0.580 bits per heavy atom. The van der Waals surface area contributed by atoms with Crippen molar-refractivity contribution in [1.82, 2.24) is 21.3 Å². The normalized spacial score (nSPS) is 16.5. The minimum Gasteiger partial charge on any atom is -0.493 e. The number of methoxy groups -OCH3 is 2. The van der Waals surface area contributed by atoms with E-state index in [0.717, 1.165) is 61.3 Å². The zero-order chi connectivity index (χ0) is 57.3. The molecule has 5 aromatic rings. The predicted octanol–water partition coefficient (Wildman–Crippen LogP) is 6.92. The fraction of sp³-hybridized carbons (Fsp3) is 0.419. The van der Waals surface area contributed by atoms with Crippen LogP contribution >= 0.6 is 0 Å². The lowest BCUT2D eigenvalue weighted by Crippen LogP contribution is -2.50. The zero-order valence-electron chi connectivity index (χ0n) is 47.4. The van der Waals surface area contributed by atoms with E-state index < -0.39 is 23.9 Å². The van der Waals surface area contributed by atoms with Gasteiger partial charge in [-0.3, -0.25) is 28.8 Å². The van der Waals surface area contributed by atoms with E-state index >= 15 is 0 Å². The predicted molar refractivity (Wildman–Crippen MR) is 312 cm³/mol. The number of anilines is 5. The fourth-order valence-electron chi connectivity index (χ4n) is 11.3. The molecule has 0 saturated carbocycles. The minimum atomic E-state index is -1.02. The van der Waals surface area contributed by atoms with Crippen LogP contribution in [-0.4, -0.2) is 121 Å². The average molecular weight is 1110 g/mol. The van der Waals surface area contributed by atoms with Crippen LogP contribution in [0.3, 0.4) is 0 Å². The van der Waals surface area contributed by atoms with Crippen molar-refractivity contribution in [2.24, 2.45) is 0 Å². The molecule has 0 fully saturated rings. The van der Waals surface area contributed by atoms with Crippen molar-refractivity contribution < 1.29 is 47.7 Å². The molecule has 19 nitrogen and oxygen atoms in total. The largest absolute Gasteiger partial charge is 0.493 e. The zero-order valence-corrected chi connectivity index (χ0v) is 47.4. The molecule has 0 saturated heterocycles. The summed E-state index contributed by atoms with van der Waals surface area (Å²) >= 11 is 0. The Hall–Kier alpha value is -8.32. The van der Waals surface area contributed by atoms with Gasteiger partial charge in [-0.2, -0.15) is 0 Å². The Morgan fingerprint density at radius 2 is 1.07 bits per heavy atom. The molecular formula is C62H75N9O10. The van der Waals surface area contributed by atoms with Crippen molar-refractivity contribution in [3.05, 3.63) is 124 Å². The molecule has 0 aliphatic carbocycles. The van der Waals surface area contributed by atoms with Crippen molar-refractivity contribution in [3.8, 4) is 23.0 Å². The molecule has 4 atom stereocenters. The number of carbonyl (C=O) groups is 6. The van der Waals surface area contributed by atoms with Gasteiger partial charge in [-0.25, -0.2) is 0 Å². The molecule has 0 unspecified atom stereocenters. The maximum absolute atomic E-state index is 14.3. The van der Waals surface area contributed by atoms with Crippen LogP contribution in [0.25, 0.3) is 0 Å². The number of para-hydroxylation sites is 2. The molecule has 9 rings (SSSR count). The SMILES string of the molecule is CCNCCCCNC(=O)CCCCC(=O)N[C@@H](C)C(=O)N[C@@H](C)C(=O)Nc1cc(COc2cc3c(cc2OC)C(=O)N2c4ccccc4C[C@H]2CN3C)cc(COc2cc3c(cc2OC)C(=O)N2c4ccccc4C[C@H]2CN3C)c1. The molecule has 0 spiro atoms. The molecule has 5 aromatic carbocycles. The van der Waals surface area contributed by atoms with Gasteiger partial charge in [-0.15, -0.1) is 0 Å². The Labute approximate surface area is 474 Å². The van der Waals surface area contributed by atoms with Gasteiger partial charge in [0.05, 0.1) is 48.8 Å². The Morgan fingerprint density at radius 3 is 1.59 bits per heavy atom. The lowest BCUT2D eigenvalue weighted by molar-refractivity contribution is -0.130. The van der Waals surface area contributed by atoms with Crippen molar-refractivity contribution in [1.29, 1.82) is 0 Å². The van der Waals surface area contributed by atoms with Crippen LogP contribution in [0.4, 0.5) is 28.4 Å². The second-order valence-corrected chi connectivity index (χ2v) is 21.4. The van der Waals surface area contributed by atoms with Gasteiger partial charge in [0.25, 0.3) is 11.8 Å². The number of fused-ring (bicyclic) bond motifs is 8. The van der Waals surface area contributed by atoms with Gasteiger partial charge in [0.1, 0.15) is 25.3 Å². The van der Waals surface area contributed by atoms with Crippen LogP contribution in [0.15, 0.2) is 91.0 Å². The van der Waals surface area contributed by atoms with Gasteiger partial charge < -0.3 is 65.1 Å². The molecule has 0 bridgehead atoms. The number of hydrogen-bond donors (Lipinski definition) is 5. The highest BCUT2D eigenvalue weighted by Gasteiger charge is 2.41. The summed E-state index contributed by atoms with van der Waals surface area (Å²) in [5.41, 5.74) is 8.16. The molecule has 19 heteroatoms. The quantitative estimate of drug-likeness (QED) is 0.0398. The molecular weight excluding hydrogens is 1030 g/mol. The van der Waals surface area contributed by atoms with Crippen molar-refractivity contribution in [2.75, 3.05) is 86.0 Å². The topological polar surface area (TPSA) is 212 Å². The average Bonchev–Trinajstić information content (AvgIpc) is 3.97. The molecule has 4 aliphatic heterocycles. The summed E-state index contributed by atoms with van der Waals surface area (Å²) in [5, 5.41) is 14.6. The van der Waals surface area contributed by atoms with E-state index in [1.807, 2.05) is 78.5 Å². The summed E-state index contributed by atoms with van der Waals surface area (Å²) in [6.45, 7) is 8.83. The number of carbonyl (C=O) groups excluding carboxylic acids is 6. The lowest BCUT2D eigenvalue weighted by atomic mass is 10.1. The number of rotatable bonds is 24. The van der Waals surface area contributed by atoms with Gasteiger partial charge in [-0.1, -0.05) is 43.3 Å². The summed E-state index contributed by atoms with van der Waals surface area (Å²) in [4.78, 5) is 88.8. The number of ether oxygens (including phenoxy) is 4. The second-order valence-electron chi connectivity index (χ2n) is 21.4. The first kappa shape index (κ1) is 57.4. The number of unbranched alkanes of at least 4 members (excludes halogenated alkanes) is 2. The summed E-state index contributed by atoms with van der Waals surface area (Å²) in [7, 11) is 6.99. The van der Waals surface area contributed by atoms with E-state index in [0.29, 0.717) is 101 Å². The standard InChI is InChI=1S/C62H75N9O10/c1-8-63-23-15-16-24-64-57(72)21-13-14-22-58(73)65-38(2)59(74)66-39(3)60(75)67-44-26-40(36-80-55-32-51-47(30-53(55)78-6)61(76)70-45(34-68(51)4)28-42-17-9-11-19-49(42)70)25-41(27-44)37-81-56-33-52-48(31-54(56)79-7)62(77)71-46(35-69(52)5)29-43-18-10-12-20-50(43)71/h9-12,17-20,25-27,30-33,38-39,45-46,63H,8,13-16,21-24,28-29,34-37H2,1-7H3,(H,64,72)(H,65,73)(H,66,74)(H,67,75)/t38-,39-,45-,46-/m0/s1. The number of nitrogens with one attached hydrogen (secondary N) is 5. The highest BCUT2D eigenvalue weighted by molar-refractivity contribution is 6.13. The minimum absolute atomic E-state index is 0.00942. The molecule has 4 aliphatic rings. The van der Waals surface area contributed by atoms with Crippen LogP contribution in [0.1, 0.15) is 102 Å². The second kappa shape index (κ2) is 25.9. The number of likely N-dealkylation sites (N-methyl/N-ethyl adjacent to an activating group) is 2. The van der Waals surface area contributed by atoms with Crippen LogP contribution in [0, 0.1) is 0 Å². The highest BCUT2D eigenvalue weighted by Crippen LogP contribution is 2.44. The van der Waals surface area contributed by atoms with E-state index in [2.05, 4.69) is 55.4 Å². The maximum atomic E-state index is 14.3. The highest BCUT2D eigenvalue weighted by atomic mass is 16.5. The van der Waals surface area contributed by atoms with Gasteiger partial charge in [0.2, 0.25) is 23.6 Å². The van der Waals surface area contributed by atoms with E-state index in [1.54, 1.807) is 38.1 Å². The van der Waals surface area contributed by atoms with E-state index in [4.69, 9.17) is 18.9 Å². The monoisotopic (exact) mass is 1110 g/mol. The first-order valence-corrected chi connectivity index (χ1v) is 28.1. The Balaban J connectivity index is 0.892. The third-order valence-corrected chi connectivity index (χ3v) is 15.4. The van der Waals surface area contributed by atoms with Crippen LogP contribution in [0.2, 0.25) is 0 Å². The molecule has 6 amide bonds. The number of nitrogens with zero attached hydrogens (tertiary/aromatic N) is 4. The Bertz CT molecular complexity index is 3010. The molecule has 4 heterocycles. The molecule has 0 radical (unpaired) electrons. The van der Waals surface area contributed by atoms with Crippen molar-refractivity contribution in [2.45, 2.75) is 110 Å². The van der Waals surface area contributed by atoms with Gasteiger partial charge in [-0.05, 0) is 130 Å². The number of hydrogen-bond acceptors (Lipinski definition) is 13. The van der Waals surface area contributed by atoms with Gasteiger partial charge >= 0.3 is 0 Å². The summed E-state index contributed by atoms with van der Waals surface area (Å²) in [6.07, 6.45) is 4.83. The first-order chi connectivity index (χ1) is 39.1. The van der Waals surface area contributed by atoms with Crippen molar-refractivity contribution >= 4 is 63.9 Å². The van der Waals surface area contributed by atoms with Crippen LogP contribution in [-0.2, 0) is 45.2 Å². The third-order valence-electron chi connectivity index (χ3n) is 15.4. The van der Waals surface area contributed by atoms with E-state index in [1.165, 1.54) is 14.2 Å². The van der Waals surface area contributed by atoms with E-state index in [9.17, 15) is 28.8 Å². The summed E-state index contributed by atoms with van der Waals surface area (Å²) in [5.74, 6) is -0.129. The fourth-order valence-corrected chi connectivity index (χ4v) is 11.3. The summed E-state index contributed by atoms with van der Waals surface area (Å²) in [6, 6.07) is 26.5. The molecule has 5 N–H and O–H groups in total. The Kier molecular flexibility index (Phi) is 18.3. The van der Waals surface area contributed by atoms with Crippen LogP contribution in [0.5, 0.6) is 23.0 Å². The molecule has 0 aromatic heterocycles. The van der Waals surface area contributed by atoms with Crippen LogP contribution < -0.4 is 65.1 Å². The van der Waals surface area contributed by atoms with Crippen molar-refractivity contribution in [3.63, 3.8) is 0 Å². The number of amides is 6. The van der Waals surface area contributed by atoms with Gasteiger partial charge in [0, 0.05) is 75.8 Å². The third kappa shape index (κ3) is 13.2. The smallest absolute Gasteiger partial charge is 0.260 e. The molecule has 428 valence electrons. The van der Waals surface area contributed by atoms with E-state index in [-0.39, 0.29) is 55.3 Å².